The quantitative estimate of drug-likeness (QED) is 0.627. The number of hydrogen-bond donors (Lipinski definition) is 1. The van der Waals surface area contributed by atoms with Crippen molar-refractivity contribution in [1.29, 1.82) is 0 Å². The van der Waals surface area contributed by atoms with Crippen molar-refractivity contribution in [3.63, 3.8) is 0 Å². The number of thioether (sulfide) groups is 1. The molecule has 4 heteroatoms. The molecule has 0 saturated carbocycles. The average molecular weight is 376 g/mol. The van der Waals surface area contributed by atoms with Crippen molar-refractivity contribution in [3.8, 4) is 0 Å². The monoisotopic (exact) mass is 375 g/mol. The maximum absolute atomic E-state index is 12.2. The van der Waals surface area contributed by atoms with E-state index in [1.807, 2.05) is 31.2 Å². The van der Waals surface area contributed by atoms with Gasteiger partial charge in [-0.2, -0.15) is 0 Å². The molecule has 2 aromatic carbocycles. The molecule has 25 heavy (non-hydrogen) atoms. The molecular weight excluding hydrogens is 350 g/mol. The third kappa shape index (κ3) is 6.41. The Kier molecular flexibility index (Phi) is 6.97. The van der Waals surface area contributed by atoms with E-state index in [-0.39, 0.29) is 17.4 Å². The minimum Gasteiger partial charge on any atom is -0.350 e. The van der Waals surface area contributed by atoms with E-state index >= 15 is 0 Å². The molecule has 0 aromatic heterocycles. The highest BCUT2D eigenvalue weighted by Crippen LogP contribution is 2.24. The fourth-order valence-electron chi connectivity index (χ4n) is 2.46. The lowest BCUT2D eigenvalue weighted by Crippen LogP contribution is -2.26. The number of hydrogen-bond acceptors (Lipinski definition) is 2. The molecule has 0 fully saturated rings. The van der Waals surface area contributed by atoms with Crippen LogP contribution in [-0.4, -0.2) is 11.7 Å². The molecule has 0 heterocycles. The molecule has 1 amide bonds. The van der Waals surface area contributed by atoms with Crippen LogP contribution in [0.1, 0.15) is 51.3 Å². The lowest BCUT2D eigenvalue weighted by Gasteiger charge is -2.20. The normalized spacial score (nSPS) is 12.7. The van der Waals surface area contributed by atoms with E-state index < -0.39 is 0 Å². The van der Waals surface area contributed by atoms with Crippen LogP contribution in [0, 0.1) is 0 Å². The summed E-state index contributed by atoms with van der Waals surface area (Å²) in [6.45, 7) is 8.62. The van der Waals surface area contributed by atoms with Gasteiger partial charge in [-0.25, -0.2) is 0 Å². The van der Waals surface area contributed by atoms with Gasteiger partial charge in [0.2, 0.25) is 5.91 Å². The Balaban J connectivity index is 1.80. The van der Waals surface area contributed by atoms with Crippen molar-refractivity contribution in [2.24, 2.45) is 0 Å². The second-order valence-corrected chi connectivity index (χ2v) is 8.82. The first-order chi connectivity index (χ1) is 11.8. The van der Waals surface area contributed by atoms with E-state index in [4.69, 9.17) is 11.6 Å². The largest absolute Gasteiger partial charge is 0.350 e. The number of benzene rings is 2. The first-order valence-electron chi connectivity index (χ1n) is 8.54. The summed E-state index contributed by atoms with van der Waals surface area (Å²) < 4.78 is 0. The average Bonchev–Trinajstić information content (AvgIpc) is 2.56. The second-order valence-electron chi connectivity index (χ2n) is 7.21. The zero-order chi connectivity index (χ0) is 18.4. The summed E-state index contributed by atoms with van der Waals surface area (Å²) in [5.74, 6) is 0.831. The maximum Gasteiger partial charge on any atom is 0.221 e. The summed E-state index contributed by atoms with van der Waals surface area (Å²) in [4.78, 5) is 13.3. The number of amides is 1. The van der Waals surface area contributed by atoms with E-state index in [0.717, 1.165) is 21.2 Å². The summed E-state index contributed by atoms with van der Waals surface area (Å²) in [6.07, 6.45) is 0.498. The van der Waals surface area contributed by atoms with Crippen molar-refractivity contribution >= 4 is 29.3 Å². The highest BCUT2D eigenvalue weighted by Gasteiger charge is 2.15. The van der Waals surface area contributed by atoms with Crippen LogP contribution in [0.25, 0.3) is 0 Å². The molecule has 2 aromatic rings. The fourth-order valence-corrected chi connectivity index (χ4v) is 3.44. The van der Waals surface area contributed by atoms with E-state index in [1.165, 1.54) is 5.56 Å². The fraction of sp³-hybridized carbons (Fsp3) is 0.381. The van der Waals surface area contributed by atoms with Gasteiger partial charge in [-0.3, -0.25) is 4.79 Å². The molecular formula is C21H26ClNOS. The molecule has 2 rings (SSSR count). The Labute approximate surface area is 160 Å². The van der Waals surface area contributed by atoms with Gasteiger partial charge in [0.25, 0.3) is 0 Å². The minimum atomic E-state index is 0.0158. The molecule has 134 valence electrons. The summed E-state index contributed by atoms with van der Waals surface area (Å²) in [6, 6.07) is 16.2. The second kappa shape index (κ2) is 8.77. The van der Waals surface area contributed by atoms with Crippen molar-refractivity contribution in [1.82, 2.24) is 5.32 Å². The zero-order valence-electron chi connectivity index (χ0n) is 15.3. The van der Waals surface area contributed by atoms with Gasteiger partial charge in [-0.15, -0.1) is 11.8 Å². The predicted octanol–water partition coefficient (Wildman–Crippen LogP) is 6.00. The van der Waals surface area contributed by atoms with Crippen LogP contribution in [-0.2, 0) is 10.2 Å². The first kappa shape index (κ1) is 19.9. The summed E-state index contributed by atoms with van der Waals surface area (Å²) in [5.41, 5.74) is 2.57. The van der Waals surface area contributed by atoms with Gasteiger partial charge >= 0.3 is 0 Å². The predicted molar refractivity (Wildman–Crippen MR) is 108 cm³/mol. The van der Waals surface area contributed by atoms with E-state index in [2.05, 4.69) is 50.4 Å². The minimum absolute atomic E-state index is 0.0158. The van der Waals surface area contributed by atoms with Gasteiger partial charge < -0.3 is 5.32 Å². The van der Waals surface area contributed by atoms with Crippen molar-refractivity contribution in [2.45, 2.75) is 50.5 Å². The molecule has 0 unspecified atom stereocenters. The SMILES string of the molecule is C[C@@H](NC(=O)CCSc1ccc(Cl)cc1)c1ccc(C(C)(C)C)cc1. The molecule has 0 aliphatic heterocycles. The van der Waals surface area contributed by atoms with Crippen LogP contribution < -0.4 is 5.32 Å². The summed E-state index contributed by atoms with van der Waals surface area (Å²) >= 11 is 7.54. The number of carbonyl (C=O) groups excluding carboxylic acids is 1. The first-order valence-corrected chi connectivity index (χ1v) is 9.90. The Morgan fingerprint density at radius 3 is 2.24 bits per heavy atom. The van der Waals surface area contributed by atoms with Crippen LogP contribution in [0.15, 0.2) is 53.4 Å². The highest BCUT2D eigenvalue weighted by atomic mass is 35.5. The van der Waals surface area contributed by atoms with Gasteiger partial charge in [0, 0.05) is 22.1 Å². The van der Waals surface area contributed by atoms with E-state index in [9.17, 15) is 4.79 Å². The molecule has 2 nitrogen and oxygen atoms in total. The van der Waals surface area contributed by atoms with Gasteiger partial charge in [-0.1, -0.05) is 56.6 Å². The van der Waals surface area contributed by atoms with Crippen molar-refractivity contribution < 1.29 is 4.79 Å². The smallest absolute Gasteiger partial charge is 0.221 e. The van der Waals surface area contributed by atoms with Crippen molar-refractivity contribution in [3.05, 3.63) is 64.7 Å². The molecule has 0 radical (unpaired) electrons. The molecule has 1 atom stereocenters. The molecule has 0 aliphatic rings. The van der Waals surface area contributed by atoms with Crippen LogP contribution in [0.4, 0.5) is 0 Å². The molecule has 0 saturated heterocycles. The van der Waals surface area contributed by atoms with Crippen LogP contribution in [0.3, 0.4) is 0 Å². The summed E-state index contributed by atoms with van der Waals surface area (Å²) in [7, 11) is 0. The van der Waals surface area contributed by atoms with E-state index in [0.29, 0.717) is 6.42 Å². The lowest BCUT2D eigenvalue weighted by atomic mass is 9.86. The van der Waals surface area contributed by atoms with Gasteiger partial charge in [0.15, 0.2) is 0 Å². The third-order valence-corrected chi connectivity index (χ3v) is 5.33. The molecule has 0 bridgehead atoms. The lowest BCUT2D eigenvalue weighted by molar-refractivity contribution is -0.121. The number of rotatable bonds is 6. The molecule has 0 aliphatic carbocycles. The highest BCUT2D eigenvalue weighted by molar-refractivity contribution is 7.99. The van der Waals surface area contributed by atoms with Crippen LogP contribution in [0.5, 0.6) is 0 Å². The molecule has 1 N–H and O–H groups in total. The van der Waals surface area contributed by atoms with E-state index in [1.54, 1.807) is 11.8 Å². The number of carbonyl (C=O) groups is 1. The van der Waals surface area contributed by atoms with Crippen LogP contribution in [0.2, 0.25) is 5.02 Å². The van der Waals surface area contributed by atoms with Gasteiger partial charge in [-0.05, 0) is 47.7 Å². The third-order valence-electron chi connectivity index (χ3n) is 4.07. The Bertz CT molecular complexity index is 689. The Morgan fingerprint density at radius 1 is 1.08 bits per heavy atom. The molecule has 0 spiro atoms. The zero-order valence-corrected chi connectivity index (χ0v) is 16.9. The number of halogens is 1. The van der Waals surface area contributed by atoms with Gasteiger partial charge in [0.1, 0.15) is 0 Å². The summed E-state index contributed by atoms with van der Waals surface area (Å²) in [5, 5.41) is 3.81. The number of nitrogens with one attached hydrogen (secondary N) is 1. The Morgan fingerprint density at radius 2 is 1.68 bits per heavy atom. The van der Waals surface area contributed by atoms with Gasteiger partial charge in [0.05, 0.1) is 6.04 Å². The maximum atomic E-state index is 12.2. The topological polar surface area (TPSA) is 29.1 Å². The van der Waals surface area contributed by atoms with Crippen molar-refractivity contribution in [2.75, 3.05) is 5.75 Å². The Hall–Kier alpha value is -1.45. The standard InChI is InChI=1S/C21H26ClNOS/c1-15(16-5-7-17(8-6-16)21(2,3)4)23-20(24)13-14-25-19-11-9-18(22)10-12-19/h5-12,15H,13-14H2,1-4H3,(H,23,24)/t15-/m1/s1. The van der Waals surface area contributed by atoms with Crippen LogP contribution >= 0.6 is 23.4 Å².